The van der Waals surface area contributed by atoms with Crippen molar-refractivity contribution >= 4 is 21.9 Å². The molecule has 0 fully saturated rings. The van der Waals surface area contributed by atoms with Gasteiger partial charge in [0.05, 0.1) is 4.47 Å². The molecule has 0 aliphatic rings. The molecule has 1 atom stereocenters. The lowest BCUT2D eigenvalue weighted by Crippen LogP contribution is -2.13. The van der Waals surface area contributed by atoms with Crippen LogP contribution in [0.4, 0.5) is 8.78 Å². The zero-order chi connectivity index (χ0) is 12.3. The molecule has 0 heterocycles. The predicted octanol–water partition coefficient (Wildman–Crippen LogP) is 2.59. The third kappa shape index (κ3) is 3.24. The summed E-state index contributed by atoms with van der Waals surface area (Å²) in [5, 5.41) is 8.45. The lowest BCUT2D eigenvalue weighted by atomic mass is 10.0. The van der Waals surface area contributed by atoms with Gasteiger partial charge in [-0.15, -0.1) is 0 Å². The smallest absolute Gasteiger partial charge is 0.303 e. The van der Waals surface area contributed by atoms with E-state index in [9.17, 15) is 13.6 Å². The molecular formula is C10H10BrF2NO2. The molecule has 88 valence electrons. The molecule has 1 aromatic carbocycles. The van der Waals surface area contributed by atoms with E-state index in [1.807, 2.05) is 0 Å². The van der Waals surface area contributed by atoms with Crippen molar-refractivity contribution in [3.8, 4) is 0 Å². The largest absolute Gasteiger partial charge is 0.481 e. The van der Waals surface area contributed by atoms with Gasteiger partial charge >= 0.3 is 5.97 Å². The van der Waals surface area contributed by atoms with E-state index in [0.717, 1.165) is 12.1 Å². The molecule has 3 nitrogen and oxygen atoms in total. The molecule has 0 aliphatic heterocycles. The third-order valence-corrected chi connectivity index (χ3v) is 2.86. The van der Waals surface area contributed by atoms with Gasteiger partial charge in [0.2, 0.25) is 0 Å². The molecule has 0 bridgehead atoms. The average molecular weight is 294 g/mol. The summed E-state index contributed by atoms with van der Waals surface area (Å²) < 4.78 is 26.0. The quantitative estimate of drug-likeness (QED) is 0.839. The second-order valence-corrected chi connectivity index (χ2v) is 4.13. The SMILES string of the molecule is NC(CCC(=O)O)c1cc(F)c(Br)c(F)c1. The number of halogens is 3. The van der Waals surface area contributed by atoms with Gasteiger partial charge in [-0.05, 0) is 40.0 Å². The van der Waals surface area contributed by atoms with Crippen molar-refractivity contribution in [2.75, 3.05) is 0 Å². The predicted molar refractivity (Wildman–Crippen MR) is 57.9 cm³/mol. The van der Waals surface area contributed by atoms with Crippen LogP contribution in [-0.2, 0) is 4.79 Å². The number of carboxylic acid groups (broad SMARTS) is 1. The van der Waals surface area contributed by atoms with Gasteiger partial charge in [0.15, 0.2) is 0 Å². The lowest BCUT2D eigenvalue weighted by molar-refractivity contribution is -0.137. The summed E-state index contributed by atoms with van der Waals surface area (Å²) in [7, 11) is 0. The minimum Gasteiger partial charge on any atom is -0.481 e. The first-order valence-corrected chi connectivity index (χ1v) is 5.33. The Morgan fingerprint density at radius 3 is 2.38 bits per heavy atom. The third-order valence-electron chi connectivity index (χ3n) is 2.10. The van der Waals surface area contributed by atoms with Gasteiger partial charge < -0.3 is 10.8 Å². The van der Waals surface area contributed by atoms with Gasteiger partial charge in [-0.3, -0.25) is 4.79 Å². The molecule has 0 aromatic heterocycles. The fraction of sp³-hybridized carbons (Fsp3) is 0.300. The van der Waals surface area contributed by atoms with Crippen molar-refractivity contribution in [1.82, 2.24) is 0 Å². The number of hydrogen-bond acceptors (Lipinski definition) is 2. The molecule has 6 heteroatoms. The maximum absolute atomic E-state index is 13.1. The van der Waals surface area contributed by atoms with Crippen LogP contribution in [0.15, 0.2) is 16.6 Å². The van der Waals surface area contributed by atoms with Gasteiger partial charge in [-0.1, -0.05) is 0 Å². The van der Waals surface area contributed by atoms with Crippen molar-refractivity contribution in [2.45, 2.75) is 18.9 Å². The number of carbonyl (C=O) groups is 1. The Morgan fingerprint density at radius 1 is 1.44 bits per heavy atom. The van der Waals surface area contributed by atoms with E-state index in [1.165, 1.54) is 0 Å². The maximum Gasteiger partial charge on any atom is 0.303 e. The Bertz CT molecular complexity index is 389. The van der Waals surface area contributed by atoms with Crippen LogP contribution in [0.5, 0.6) is 0 Å². The summed E-state index contributed by atoms with van der Waals surface area (Å²) in [5.74, 6) is -2.49. The molecule has 1 rings (SSSR count). The minimum absolute atomic E-state index is 0.135. The highest BCUT2D eigenvalue weighted by Gasteiger charge is 2.14. The minimum atomic E-state index is -0.992. The Balaban J connectivity index is 2.84. The highest BCUT2D eigenvalue weighted by Crippen LogP contribution is 2.25. The van der Waals surface area contributed by atoms with Gasteiger partial charge in [0, 0.05) is 12.5 Å². The Hall–Kier alpha value is -1.01. The number of nitrogens with two attached hydrogens (primary N) is 1. The van der Waals surface area contributed by atoms with Crippen LogP contribution >= 0.6 is 15.9 Å². The summed E-state index contributed by atoms with van der Waals surface area (Å²) in [6, 6.07) is 1.51. The number of carboxylic acids is 1. The number of rotatable bonds is 4. The Morgan fingerprint density at radius 2 is 1.94 bits per heavy atom. The van der Waals surface area contributed by atoms with E-state index >= 15 is 0 Å². The van der Waals surface area contributed by atoms with Crippen LogP contribution in [0.1, 0.15) is 24.4 Å². The van der Waals surface area contributed by atoms with Crippen molar-refractivity contribution < 1.29 is 18.7 Å². The maximum atomic E-state index is 13.1. The van der Waals surface area contributed by atoms with E-state index in [4.69, 9.17) is 10.8 Å². The Labute approximate surface area is 99.4 Å². The van der Waals surface area contributed by atoms with Crippen molar-refractivity contribution in [3.63, 3.8) is 0 Å². The molecule has 0 amide bonds. The van der Waals surface area contributed by atoms with Gasteiger partial charge in [-0.2, -0.15) is 0 Å². The van der Waals surface area contributed by atoms with Crippen molar-refractivity contribution in [1.29, 1.82) is 0 Å². The van der Waals surface area contributed by atoms with E-state index in [1.54, 1.807) is 0 Å². The summed E-state index contributed by atoms with van der Waals surface area (Å²) in [6.45, 7) is 0. The van der Waals surface area contributed by atoms with Gasteiger partial charge in [0.25, 0.3) is 0 Å². The van der Waals surface area contributed by atoms with Crippen LogP contribution in [0, 0.1) is 11.6 Å². The molecule has 0 spiro atoms. The monoisotopic (exact) mass is 293 g/mol. The van der Waals surface area contributed by atoms with Gasteiger partial charge in [-0.25, -0.2) is 8.78 Å². The topological polar surface area (TPSA) is 63.3 Å². The molecule has 0 radical (unpaired) electrons. The summed E-state index contributed by atoms with van der Waals surface area (Å²) >= 11 is 2.74. The standard InChI is InChI=1S/C10H10BrF2NO2/c11-10-6(12)3-5(4-7(10)13)8(14)1-2-9(15)16/h3-4,8H,1-2,14H2,(H,15,16). The molecule has 0 saturated carbocycles. The van der Waals surface area contributed by atoms with E-state index in [2.05, 4.69) is 15.9 Å². The lowest BCUT2D eigenvalue weighted by Gasteiger charge is -2.11. The van der Waals surface area contributed by atoms with Crippen LogP contribution < -0.4 is 5.73 Å². The highest BCUT2D eigenvalue weighted by molar-refractivity contribution is 9.10. The zero-order valence-corrected chi connectivity index (χ0v) is 9.80. The van der Waals surface area contributed by atoms with Crippen molar-refractivity contribution in [2.24, 2.45) is 5.73 Å². The summed E-state index contributed by atoms with van der Waals surface area (Å²) in [6.07, 6.45) is -0.00366. The summed E-state index contributed by atoms with van der Waals surface area (Å²) in [5.41, 5.74) is 5.87. The number of aliphatic carboxylic acids is 1. The molecule has 0 aliphatic carbocycles. The average Bonchev–Trinajstić information content (AvgIpc) is 2.21. The van der Waals surface area contributed by atoms with E-state index in [0.29, 0.717) is 0 Å². The first-order chi connectivity index (χ1) is 7.41. The van der Waals surface area contributed by atoms with Crippen LogP contribution in [-0.4, -0.2) is 11.1 Å². The molecule has 16 heavy (non-hydrogen) atoms. The molecule has 1 unspecified atom stereocenters. The summed E-state index contributed by atoms with van der Waals surface area (Å²) in [4.78, 5) is 10.3. The Kier molecular flexibility index (Phi) is 4.37. The molecule has 3 N–H and O–H groups in total. The number of hydrogen-bond donors (Lipinski definition) is 2. The van der Waals surface area contributed by atoms with Crippen molar-refractivity contribution in [3.05, 3.63) is 33.8 Å². The van der Waals surface area contributed by atoms with Crippen LogP contribution in [0.25, 0.3) is 0 Å². The van der Waals surface area contributed by atoms with Crippen LogP contribution in [0.3, 0.4) is 0 Å². The second kappa shape index (κ2) is 5.36. The zero-order valence-electron chi connectivity index (χ0n) is 8.21. The normalized spacial score (nSPS) is 12.5. The molecule has 1 aromatic rings. The molecule has 0 saturated heterocycles. The van der Waals surface area contributed by atoms with E-state index < -0.39 is 23.6 Å². The van der Waals surface area contributed by atoms with E-state index in [-0.39, 0.29) is 22.9 Å². The number of benzene rings is 1. The first kappa shape index (κ1) is 13.1. The second-order valence-electron chi connectivity index (χ2n) is 3.34. The van der Waals surface area contributed by atoms with Crippen LogP contribution in [0.2, 0.25) is 0 Å². The van der Waals surface area contributed by atoms with Gasteiger partial charge in [0.1, 0.15) is 11.6 Å². The molecular weight excluding hydrogens is 284 g/mol. The fourth-order valence-electron chi connectivity index (χ4n) is 1.23. The highest BCUT2D eigenvalue weighted by atomic mass is 79.9. The first-order valence-electron chi connectivity index (χ1n) is 4.53. The fourth-order valence-corrected chi connectivity index (χ4v) is 1.46.